The van der Waals surface area contributed by atoms with Gasteiger partial charge in [0, 0.05) is 12.3 Å². The summed E-state index contributed by atoms with van der Waals surface area (Å²) >= 11 is 4.20. The number of nitrogens with zero attached hydrogens (tertiary/aromatic N) is 2. The third kappa shape index (κ3) is 2.70. The molecular formula is C13H10N2O2S3. The average molecular weight is 322 g/mol. The maximum absolute atomic E-state index is 12.3. The fraction of sp³-hybridized carbons (Fsp3) is 0.154. The lowest BCUT2D eigenvalue weighted by atomic mass is 10.4. The Kier molecular flexibility index (Phi) is 4.00. The van der Waals surface area contributed by atoms with E-state index < -0.39 is 0 Å². The van der Waals surface area contributed by atoms with Gasteiger partial charge in [0.25, 0.3) is 11.8 Å². The second-order valence-electron chi connectivity index (χ2n) is 3.96. The molecule has 102 valence electrons. The van der Waals surface area contributed by atoms with Crippen molar-refractivity contribution in [2.24, 2.45) is 4.99 Å². The highest BCUT2D eigenvalue weighted by Gasteiger charge is 2.28. The fourth-order valence-corrected chi connectivity index (χ4v) is 3.97. The molecule has 3 heterocycles. The Hall–Kier alpha value is -1.44. The van der Waals surface area contributed by atoms with E-state index in [1.54, 1.807) is 17.0 Å². The molecule has 1 fully saturated rings. The van der Waals surface area contributed by atoms with Gasteiger partial charge in [0.15, 0.2) is 5.17 Å². The number of thiophene rings is 2. The van der Waals surface area contributed by atoms with Crippen LogP contribution in [-0.2, 0) is 0 Å². The van der Waals surface area contributed by atoms with Crippen molar-refractivity contribution in [3.8, 4) is 0 Å². The minimum atomic E-state index is -0.284. The van der Waals surface area contributed by atoms with Gasteiger partial charge in [-0.3, -0.25) is 14.5 Å². The van der Waals surface area contributed by atoms with Gasteiger partial charge in [0.2, 0.25) is 0 Å². The van der Waals surface area contributed by atoms with Crippen molar-refractivity contribution in [2.45, 2.75) is 0 Å². The van der Waals surface area contributed by atoms with Crippen LogP contribution in [0.3, 0.4) is 0 Å². The molecular weight excluding hydrogens is 312 g/mol. The van der Waals surface area contributed by atoms with Crippen LogP contribution in [0.2, 0.25) is 0 Å². The molecule has 2 aromatic heterocycles. The molecule has 2 aromatic rings. The summed E-state index contributed by atoms with van der Waals surface area (Å²) < 4.78 is 0. The highest BCUT2D eigenvalue weighted by atomic mass is 32.2. The van der Waals surface area contributed by atoms with Gasteiger partial charge in [-0.2, -0.15) is 4.99 Å². The molecule has 0 radical (unpaired) electrons. The maximum Gasteiger partial charge on any atom is 0.289 e. The molecule has 0 bridgehead atoms. The van der Waals surface area contributed by atoms with Crippen molar-refractivity contribution in [3.05, 3.63) is 44.8 Å². The number of thioether (sulfide) groups is 1. The maximum atomic E-state index is 12.3. The average Bonchev–Trinajstić information content (AvgIpc) is 3.20. The smallest absolute Gasteiger partial charge is 0.286 e. The van der Waals surface area contributed by atoms with Crippen molar-refractivity contribution in [1.82, 2.24) is 4.90 Å². The lowest BCUT2D eigenvalue weighted by molar-refractivity contribution is 0.0863. The summed E-state index contributed by atoms with van der Waals surface area (Å²) in [4.78, 5) is 31.2. The van der Waals surface area contributed by atoms with E-state index in [0.717, 1.165) is 5.75 Å². The molecule has 2 amide bonds. The van der Waals surface area contributed by atoms with Crippen LogP contribution in [0.4, 0.5) is 0 Å². The Morgan fingerprint density at radius 1 is 1.10 bits per heavy atom. The van der Waals surface area contributed by atoms with Crippen LogP contribution in [0.1, 0.15) is 19.3 Å². The van der Waals surface area contributed by atoms with Crippen molar-refractivity contribution in [3.63, 3.8) is 0 Å². The van der Waals surface area contributed by atoms with E-state index in [-0.39, 0.29) is 11.8 Å². The molecule has 7 heteroatoms. The Balaban J connectivity index is 1.82. The van der Waals surface area contributed by atoms with E-state index in [1.165, 1.54) is 34.4 Å². The molecule has 0 N–H and O–H groups in total. The summed E-state index contributed by atoms with van der Waals surface area (Å²) in [5.41, 5.74) is 0. The molecule has 0 unspecified atom stereocenters. The Morgan fingerprint density at radius 3 is 2.45 bits per heavy atom. The van der Waals surface area contributed by atoms with E-state index in [1.807, 2.05) is 22.9 Å². The number of carbonyl (C=O) groups excluding carboxylic acids is 2. The van der Waals surface area contributed by atoms with Crippen molar-refractivity contribution >= 4 is 51.4 Å². The van der Waals surface area contributed by atoms with Gasteiger partial charge in [-0.15, -0.1) is 22.7 Å². The lowest BCUT2D eigenvalue weighted by Crippen LogP contribution is -2.31. The molecule has 1 aliphatic rings. The zero-order valence-electron chi connectivity index (χ0n) is 10.3. The predicted molar refractivity (Wildman–Crippen MR) is 83.9 cm³/mol. The molecule has 4 nitrogen and oxygen atoms in total. The predicted octanol–water partition coefficient (Wildman–Crippen LogP) is 3.20. The summed E-state index contributed by atoms with van der Waals surface area (Å²) in [7, 11) is 0. The molecule has 20 heavy (non-hydrogen) atoms. The first-order chi connectivity index (χ1) is 9.75. The highest BCUT2D eigenvalue weighted by Crippen LogP contribution is 2.23. The van der Waals surface area contributed by atoms with Crippen LogP contribution in [0.5, 0.6) is 0 Å². The van der Waals surface area contributed by atoms with Gasteiger partial charge >= 0.3 is 0 Å². The van der Waals surface area contributed by atoms with Crippen LogP contribution in [-0.4, -0.2) is 34.2 Å². The minimum absolute atomic E-state index is 0.0808. The minimum Gasteiger partial charge on any atom is -0.286 e. The normalized spacial score (nSPS) is 16.8. The third-order valence-electron chi connectivity index (χ3n) is 2.68. The number of aliphatic imine (C=N–C) groups is 1. The quantitative estimate of drug-likeness (QED) is 0.853. The van der Waals surface area contributed by atoms with Gasteiger partial charge in [-0.25, -0.2) is 0 Å². The number of carbonyl (C=O) groups is 2. The Bertz CT molecular complexity index is 647. The zero-order chi connectivity index (χ0) is 13.9. The van der Waals surface area contributed by atoms with Crippen LogP contribution >= 0.6 is 34.4 Å². The van der Waals surface area contributed by atoms with E-state index in [9.17, 15) is 9.59 Å². The second-order valence-corrected chi connectivity index (χ2v) is 6.92. The van der Waals surface area contributed by atoms with Gasteiger partial charge in [-0.05, 0) is 22.9 Å². The van der Waals surface area contributed by atoms with E-state index >= 15 is 0 Å². The molecule has 0 spiro atoms. The summed E-state index contributed by atoms with van der Waals surface area (Å²) in [5.74, 6) is 0.407. The molecule has 0 aliphatic carbocycles. The number of amides is 2. The standard InChI is InChI=1S/C13H10N2O2S3/c16-11(9-3-1-6-18-9)14-13-15(5-8-20-13)12(17)10-4-2-7-19-10/h1-4,6-7H,5,8H2. The fourth-order valence-electron chi connectivity index (χ4n) is 1.76. The number of hydrogen-bond donors (Lipinski definition) is 0. The summed E-state index contributed by atoms with van der Waals surface area (Å²) in [5, 5.41) is 4.20. The SMILES string of the molecule is O=C(N=C1SCCN1C(=O)c1cccs1)c1cccs1. The lowest BCUT2D eigenvalue weighted by Gasteiger charge is -2.14. The summed E-state index contributed by atoms with van der Waals surface area (Å²) in [6.45, 7) is 0.595. The summed E-state index contributed by atoms with van der Waals surface area (Å²) in [6.07, 6.45) is 0. The van der Waals surface area contributed by atoms with Crippen molar-refractivity contribution in [1.29, 1.82) is 0 Å². The topological polar surface area (TPSA) is 49.7 Å². The largest absolute Gasteiger partial charge is 0.289 e. The zero-order valence-corrected chi connectivity index (χ0v) is 12.8. The first-order valence-electron chi connectivity index (χ1n) is 5.90. The van der Waals surface area contributed by atoms with E-state index in [0.29, 0.717) is 21.5 Å². The van der Waals surface area contributed by atoms with Crippen LogP contribution in [0.25, 0.3) is 0 Å². The number of hydrogen-bond acceptors (Lipinski definition) is 5. The Labute approximate surface area is 128 Å². The van der Waals surface area contributed by atoms with Crippen molar-refractivity contribution in [2.75, 3.05) is 12.3 Å². The molecule has 0 aromatic carbocycles. The third-order valence-corrected chi connectivity index (χ3v) is 5.36. The molecule has 1 saturated heterocycles. The molecule has 1 aliphatic heterocycles. The molecule has 0 atom stereocenters. The first kappa shape index (κ1) is 13.5. The summed E-state index contributed by atoms with van der Waals surface area (Å²) in [6, 6.07) is 7.18. The van der Waals surface area contributed by atoms with Crippen LogP contribution < -0.4 is 0 Å². The Morgan fingerprint density at radius 2 is 1.80 bits per heavy atom. The van der Waals surface area contributed by atoms with E-state index in [2.05, 4.69) is 4.99 Å². The second kappa shape index (κ2) is 5.90. The number of rotatable bonds is 2. The van der Waals surface area contributed by atoms with Crippen molar-refractivity contribution < 1.29 is 9.59 Å². The molecule has 0 saturated carbocycles. The van der Waals surface area contributed by atoms with Gasteiger partial charge in [-0.1, -0.05) is 23.9 Å². The number of amidine groups is 1. The van der Waals surface area contributed by atoms with Crippen LogP contribution in [0.15, 0.2) is 40.0 Å². The van der Waals surface area contributed by atoms with Crippen LogP contribution in [0, 0.1) is 0 Å². The highest BCUT2D eigenvalue weighted by molar-refractivity contribution is 8.14. The first-order valence-corrected chi connectivity index (χ1v) is 8.65. The molecule has 3 rings (SSSR count). The van der Waals surface area contributed by atoms with Gasteiger partial charge < -0.3 is 0 Å². The van der Waals surface area contributed by atoms with Gasteiger partial charge in [0.1, 0.15) is 0 Å². The van der Waals surface area contributed by atoms with E-state index in [4.69, 9.17) is 0 Å². The van der Waals surface area contributed by atoms with Gasteiger partial charge in [0.05, 0.1) is 9.75 Å². The monoisotopic (exact) mass is 322 g/mol.